The zero-order chi connectivity index (χ0) is 33.3. The number of nitrogens with one attached hydrogen (secondary N) is 1. The van der Waals surface area contributed by atoms with Crippen LogP contribution in [0.15, 0.2) is 139 Å². The Kier molecular flexibility index (Phi) is 10.5. The molecule has 9 nitrogen and oxygen atoms in total. The van der Waals surface area contributed by atoms with Crippen LogP contribution < -0.4 is 14.8 Å². The van der Waals surface area contributed by atoms with Crippen LogP contribution in [-0.2, 0) is 16.1 Å². The Morgan fingerprint density at radius 1 is 0.958 bits per heavy atom. The Morgan fingerprint density at radius 3 is 2.56 bits per heavy atom. The quantitative estimate of drug-likeness (QED) is 0.0832. The lowest BCUT2D eigenvalue weighted by Crippen LogP contribution is -2.28. The van der Waals surface area contributed by atoms with E-state index in [-0.39, 0.29) is 25.0 Å². The zero-order valence-electron chi connectivity index (χ0n) is 25.7. The minimum absolute atomic E-state index is 0.173. The molecule has 1 N–H and O–H groups in total. The first-order valence-corrected chi connectivity index (χ1v) is 16.5. The number of anilines is 1. The van der Waals surface area contributed by atoms with Crippen LogP contribution >= 0.6 is 27.7 Å². The fraction of sp³-hybridized carbons (Fsp3) is 0.0811. The van der Waals surface area contributed by atoms with Gasteiger partial charge >= 0.3 is 0 Å². The fourth-order valence-corrected chi connectivity index (χ4v) is 5.89. The highest BCUT2D eigenvalue weighted by molar-refractivity contribution is 9.10. The first-order chi connectivity index (χ1) is 23.4. The van der Waals surface area contributed by atoms with E-state index in [1.807, 2.05) is 97.9 Å². The van der Waals surface area contributed by atoms with Crippen molar-refractivity contribution in [2.24, 2.45) is 10.2 Å². The molecular formula is C37H29BrN4O5S. The molecule has 2 heterocycles. The summed E-state index contributed by atoms with van der Waals surface area (Å²) in [4.78, 5) is 28.2. The van der Waals surface area contributed by atoms with Gasteiger partial charge in [0.2, 0.25) is 0 Å². The molecule has 11 heteroatoms. The maximum absolute atomic E-state index is 13.7. The van der Waals surface area contributed by atoms with Gasteiger partial charge in [-0.15, -0.1) is 5.10 Å². The lowest BCUT2D eigenvalue weighted by atomic mass is 10.2. The molecule has 2 amide bonds. The van der Waals surface area contributed by atoms with Crippen molar-refractivity contribution >= 4 is 62.7 Å². The molecule has 4 aromatic carbocycles. The molecule has 1 saturated heterocycles. The Hall–Kier alpha value is -5.39. The third-order valence-electron chi connectivity index (χ3n) is 6.92. The van der Waals surface area contributed by atoms with Crippen LogP contribution in [0.4, 0.5) is 5.69 Å². The minimum Gasteiger partial charge on any atom is -0.483 e. The summed E-state index contributed by atoms with van der Waals surface area (Å²) in [5, 5.41) is 11.9. The molecule has 5 aromatic rings. The van der Waals surface area contributed by atoms with Crippen LogP contribution in [0, 0.1) is 6.92 Å². The number of carbonyl (C=O) groups is 2. The largest absolute Gasteiger partial charge is 0.483 e. The Labute approximate surface area is 290 Å². The number of aryl methyl sites for hydroxylation is 1. The van der Waals surface area contributed by atoms with Crippen LogP contribution in [0.5, 0.6) is 17.2 Å². The van der Waals surface area contributed by atoms with Crippen molar-refractivity contribution in [2.45, 2.75) is 13.5 Å². The van der Waals surface area contributed by atoms with Crippen molar-refractivity contribution in [1.82, 2.24) is 4.90 Å². The maximum atomic E-state index is 13.7. The van der Waals surface area contributed by atoms with Crippen molar-refractivity contribution in [3.8, 4) is 17.2 Å². The first kappa shape index (κ1) is 32.5. The monoisotopic (exact) mass is 720 g/mol. The van der Waals surface area contributed by atoms with Gasteiger partial charge in [-0.3, -0.25) is 14.5 Å². The van der Waals surface area contributed by atoms with E-state index in [4.69, 9.17) is 13.9 Å². The van der Waals surface area contributed by atoms with Gasteiger partial charge in [-0.25, -0.2) is 0 Å². The van der Waals surface area contributed by atoms with E-state index < -0.39 is 0 Å². The standard InChI is InChI=1S/C37H29BrN4O5S/c1-25-12-15-29(16-13-25)40-35(43)24-46-33-17-14-28(38)20-27(33)21-34-36(44)42(23-32-11-6-18-45-32)37(48-34)41-39-22-26-7-5-10-31(19-26)47-30-8-3-2-4-9-30/h2-22H,23-24H2,1H3,(H,40,43)/b34-21-,39-22-,41-37+. The van der Waals surface area contributed by atoms with E-state index in [1.165, 1.54) is 16.7 Å². The second-order valence-electron chi connectivity index (χ2n) is 10.6. The molecule has 48 heavy (non-hydrogen) atoms. The molecular weight excluding hydrogens is 692 g/mol. The molecule has 6 rings (SSSR count). The third-order valence-corrected chi connectivity index (χ3v) is 8.41. The second kappa shape index (κ2) is 15.5. The number of carbonyl (C=O) groups excluding carboxylic acids is 2. The average Bonchev–Trinajstić information content (AvgIpc) is 3.70. The normalized spacial score (nSPS) is 14.6. The number of amides is 2. The lowest BCUT2D eigenvalue weighted by Gasteiger charge is -2.13. The Balaban J connectivity index is 1.20. The minimum atomic E-state index is -0.305. The van der Waals surface area contributed by atoms with E-state index in [1.54, 1.807) is 36.8 Å². The summed E-state index contributed by atoms with van der Waals surface area (Å²) in [6.07, 6.45) is 4.88. The van der Waals surface area contributed by atoms with Crippen molar-refractivity contribution in [3.05, 3.63) is 147 Å². The van der Waals surface area contributed by atoms with E-state index in [0.717, 1.165) is 21.3 Å². The predicted molar refractivity (Wildman–Crippen MR) is 192 cm³/mol. The molecule has 0 atom stereocenters. The van der Waals surface area contributed by atoms with Crippen molar-refractivity contribution in [1.29, 1.82) is 0 Å². The average molecular weight is 722 g/mol. The molecule has 240 valence electrons. The molecule has 0 unspecified atom stereocenters. The van der Waals surface area contributed by atoms with Crippen molar-refractivity contribution in [3.63, 3.8) is 0 Å². The highest BCUT2D eigenvalue weighted by Crippen LogP contribution is 2.36. The summed E-state index contributed by atoms with van der Waals surface area (Å²) in [6, 6.07) is 33.4. The molecule has 1 aliphatic heterocycles. The number of para-hydroxylation sites is 1. The summed E-state index contributed by atoms with van der Waals surface area (Å²) in [7, 11) is 0. The highest BCUT2D eigenvalue weighted by Gasteiger charge is 2.34. The topological polar surface area (TPSA) is 106 Å². The summed E-state index contributed by atoms with van der Waals surface area (Å²) in [5.74, 6) is 1.85. The number of thioether (sulfide) groups is 1. The summed E-state index contributed by atoms with van der Waals surface area (Å²) >= 11 is 4.69. The van der Waals surface area contributed by atoms with Gasteiger partial charge in [0.05, 0.1) is 23.9 Å². The number of amidine groups is 1. The van der Waals surface area contributed by atoms with Gasteiger partial charge in [0.1, 0.15) is 23.0 Å². The number of hydrogen-bond acceptors (Lipinski definition) is 8. The van der Waals surface area contributed by atoms with E-state index >= 15 is 0 Å². The number of rotatable bonds is 11. The van der Waals surface area contributed by atoms with Gasteiger partial charge in [0.15, 0.2) is 11.8 Å². The van der Waals surface area contributed by atoms with Gasteiger partial charge in [-0.1, -0.05) is 64.0 Å². The van der Waals surface area contributed by atoms with Crippen molar-refractivity contribution in [2.75, 3.05) is 11.9 Å². The SMILES string of the molecule is Cc1ccc(NC(=O)COc2ccc(Br)cc2/C=C2\S/C(=N/N=C\c3cccc(Oc4ccccc4)c3)N(Cc3ccco3)C2=O)cc1. The number of benzene rings is 4. The highest BCUT2D eigenvalue weighted by atomic mass is 79.9. The number of ether oxygens (including phenoxy) is 2. The van der Waals surface area contributed by atoms with Crippen LogP contribution in [0.1, 0.15) is 22.5 Å². The van der Waals surface area contributed by atoms with Gasteiger partial charge in [-0.2, -0.15) is 5.10 Å². The maximum Gasteiger partial charge on any atom is 0.267 e. The Morgan fingerprint density at radius 2 is 1.77 bits per heavy atom. The molecule has 0 bridgehead atoms. The van der Waals surface area contributed by atoms with Gasteiger partial charge in [-0.05, 0) is 97.1 Å². The smallest absolute Gasteiger partial charge is 0.267 e. The van der Waals surface area contributed by atoms with Crippen LogP contribution in [-0.4, -0.2) is 34.7 Å². The molecule has 0 saturated carbocycles. The van der Waals surface area contributed by atoms with Crippen molar-refractivity contribution < 1.29 is 23.5 Å². The first-order valence-electron chi connectivity index (χ1n) is 14.9. The lowest BCUT2D eigenvalue weighted by molar-refractivity contribution is -0.122. The predicted octanol–water partition coefficient (Wildman–Crippen LogP) is 8.67. The summed E-state index contributed by atoms with van der Waals surface area (Å²) < 4.78 is 18.1. The fourth-order valence-electron chi connectivity index (χ4n) is 4.59. The van der Waals surface area contributed by atoms with Crippen LogP contribution in [0.2, 0.25) is 0 Å². The zero-order valence-corrected chi connectivity index (χ0v) is 28.1. The number of hydrogen-bond donors (Lipinski definition) is 1. The van der Waals surface area contributed by atoms with Gasteiger partial charge in [0, 0.05) is 15.7 Å². The summed E-state index contributed by atoms with van der Waals surface area (Å²) in [6.45, 7) is 1.94. The van der Waals surface area contributed by atoms with E-state index in [0.29, 0.717) is 38.6 Å². The molecule has 0 radical (unpaired) electrons. The molecule has 0 aliphatic carbocycles. The third kappa shape index (κ3) is 8.69. The molecule has 1 aliphatic rings. The molecule has 1 fully saturated rings. The number of halogens is 1. The second-order valence-corrected chi connectivity index (χ2v) is 12.5. The molecule has 0 spiro atoms. The van der Waals surface area contributed by atoms with Gasteiger partial charge in [0.25, 0.3) is 11.8 Å². The molecule has 1 aromatic heterocycles. The summed E-state index contributed by atoms with van der Waals surface area (Å²) in [5.41, 5.74) is 3.16. The Bertz CT molecular complexity index is 1990. The number of nitrogens with zero attached hydrogens (tertiary/aromatic N) is 3. The van der Waals surface area contributed by atoms with Gasteiger partial charge < -0.3 is 19.2 Å². The van der Waals surface area contributed by atoms with Crippen LogP contribution in [0.3, 0.4) is 0 Å². The van der Waals surface area contributed by atoms with E-state index in [2.05, 4.69) is 31.4 Å². The number of furan rings is 1. The van der Waals surface area contributed by atoms with E-state index in [9.17, 15) is 9.59 Å². The van der Waals surface area contributed by atoms with Crippen LogP contribution in [0.25, 0.3) is 6.08 Å².